The van der Waals surface area contributed by atoms with Crippen molar-refractivity contribution in [3.8, 4) is 11.8 Å². The molecule has 0 aliphatic rings. The maximum Gasteiger partial charge on any atom is 0.404 e. The number of hydrogen-bond donors (Lipinski definition) is 2. The molecular formula is C10H18N2O2. The van der Waals surface area contributed by atoms with Gasteiger partial charge in [-0.3, -0.25) is 4.90 Å². The molecule has 0 saturated carbocycles. The van der Waals surface area contributed by atoms with E-state index >= 15 is 0 Å². The Hall–Kier alpha value is -1.21. The zero-order valence-corrected chi connectivity index (χ0v) is 9.00. The minimum absolute atomic E-state index is 0.105. The van der Waals surface area contributed by atoms with Crippen LogP contribution < -0.4 is 5.32 Å². The summed E-state index contributed by atoms with van der Waals surface area (Å²) >= 11 is 0. The smallest absolute Gasteiger partial charge is 0.404 e. The van der Waals surface area contributed by atoms with Crippen LogP contribution in [-0.4, -0.2) is 42.3 Å². The largest absolute Gasteiger partial charge is 0.465 e. The van der Waals surface area contributed by atoms with Crippen LogP contribution >= 0.6 is 0 Å². The summed E-state index contributed by atoms with van der Waals surface area (Å²) in [6, 6.07) is -0.105. The van der Waals surface area contributed by atoms with E-state index in [0.29, 0.717) is 6.42 Å². The molecular weight excluding hydrogens is 180 g/mol. The van der Waals surface area contributed by atoms with Gasteiger partial charge in [-0.05, 0) is 20.5 Å². The van der Waals surface area contributed by atoms with Gasteiger partial charge in [-0.2, -0.15) is 0 Å². The number of nitrogens with one attached hydrogen (secondary N) is 1. The van der Waals surface area contributed by atoms with Gasteiger partial charge in [0.05, 0.1) is 6.54 Å². The van der Waals surface area contributed by atoms with Crippen LogP contribution in [0.2, 0.25) is 0 Å². The number of rotatable bonds is 4. The molecule has 0 aromatic rings. The zero-order valence-electron chi connectivity index (χ0n) is 9.00. The van der Waals surface area contributed by atoms with Gasteiger partial charge in [0.2, 0.25) is 0 Å². The Morgan fingerprint density at radius 2 is 2.21 bits per heavy atom. The fourth-order valence-electron chi connectivity index (χ4n) is 0.790. The van der Waals surface area contributed by atoms with E-state index < -0.39 is 6.09 Å². The minimum atomic E-state index is -0.995. The van der Waals surface area contributed by atoms with Crippen LogP contribution in [0.1, 0.15) is 20.3 Å². The lowest BCUT2D eigenvalue weighted by atomic mass is 10.2. The highest BCUT2D eigenvalue weighted by Crippen LogP contribution is 1.87. The Kier molecular flexibility index (Phi) is 6.59. The van der Waals surface area contributed by atoms with Crippen LogP contribution in [0.25, 0.3) is 0 Å². The summed E-state index contributed by atoms with van der Waals surface area (Å²) in [6.07, 6.45) is -0.436. The van der Waals surface area contributed by atoms with E-state index in [4.69, 9.17) is 5.11 Å². The standard InChI is InChI=1S/C10H18N2O2/c1-4-12(3)8-6-5-7-9(2)11-10(13)14/h9,11H,4,7-8H2,1-3H3,(H,13,14). The van der Waals surface area contributed by atoms with Crippen molar-refractivity contribution in [3.63, 3.8) is 0 Å². The molecule has 0 radical (unpaired) electrons. The second-order valence-corrected chi connectivity index (χ2v) is 3.24. The highest BCUT2D eigenvalue weighted by molar-refractivity contribution is 5.64. The average molecular weight is 198 g/mol. The lowest BCUT2D eigenvalue weighted by molar-refractivity contribution is 0.191. The van der Waals surface area contributed by atoms with Gasteiger partial charge >= 0.3 is 6.09 Å². The van der Waals surface area contributed by atoms with E-state index in [1.807, 2.05) is 7.05 Å². The second-order valence-electron chi connectivity index (χ2n) is 3.24. The normalized spacial score (nSPS) is 11.7. The number of carboxylic acid groups (broad SMARTS) is 1. The van der Waals surface area contributed by atoms with Crippen molar-refractivity contribution < 1.29 is 9.90 Å². The SMILES string of the molecule is CCN(C)CC#CCC(C)NC(=O)O. The summed E-state index contributed by atoms with van der Waals surface area (Å²) < 4.78 is 0. The first-order valence-corrected chi connectivity index (χ1v) is 4.70. The molecule has 0 aliphatic heterocycles. The first-order valence-electron chi connectivity index (χ1n) is 4.70. The molecule has 0 fully saturated rings. The minimum Gasteiger partial charge on any atom is -0.465 e. The van der Waals surface area contributed by atoms with Crippen molar-refractivity contribution >= 4 is 6.09 Å². The quantitative estimate of drug-likeness (QED) is 0.662. The van der Waals surface area contributed by atoms with Crippen molar-refractivity contribution in [2.45, 2.75) is 26.3 Å². The van der Waals surface area contributed by atoms with Gasteiger partial charge in [0.1, 0.15) is 0 Å². The molecule has 4 nitrogen and oxygen atoms in total. The van der Waals surface area contributed by atoms with Gasteiger partial charge in [-0.15, -0.1) is 0 Å². The Labute approximate surface area is 85.3 Å². The molecule has 0 aromatic carbocycles. The third-order valence-electron chi connectivity index (χ3n) is 1.79. The fraction of sp³-hybridized carbons (Fsp3) is 0.700. The van der Waals surface area contributed by atoms with Crippen LogP contribution in [0.3, 0.4) is 0 Å². The number of hydrogen-bond acceptors (Lipinski definition) is 2. The molecule has 0 saturated heterocycles. The van der Waals surface area contributed by atoms with E-state index in [2.05, 4.69) is 29.0 Å². The topological polar surface area (TPSA) is 52.6 Å². The molecule has 0 aromatic heterocycles. The highest BCUT2D eigenvalue weighted by atomic mass is 16.4. The Balaban J connectivity index is 3.64. The van der Waals surface area contributed by atoms with Gasteiger partial charge in [0.15, 0.2) is 0 Å². The van der Waals surface area contributed by atoms with Crippen LogP contribution in [0.5, 0.6) is 0 Å². The van der Waals surface area contributed by atoms with Gasteiger partial charge in [0, 0.05) is 12.5 Å². The Morgan fingerprint density at radius 1 is 1.57 bits per heavy atom. The molecule has 0 aliphatic carbocycles. The van der Waals surface area contributed by atoms with Crippen LogP contribution in [0, 0.1) is 11.8 Å². The third kappa shape index (κ3) is 7.44. The lowest BCUT2D eigenvalue weighted by Crippen LogP contribution is -2.30. The molecule has 4 heteroatoms. The predicted octanol–water partition coefficient (Wildman–Crippen LogP) is 0.988. The van der Waals surface area contributed by atoms with Gasteiger partial charge in [-0.1, -0.05) is 18.8 Å². The lowest BCUT2D eigenvalue weighted by Gasteiger charge is -2.08. The molecule has 0 bridgehead atoms. The van der Waals surface area contributed by atoms with Crippen molar-refractivity contribution in [1.82, 2.24) is 10.2 Å². The van der Waals surface area contributed by atoms with E-state index in [1.54, 1.807) is 6.92 Å². The molecule has 0 heterocycles. The Bertz CT molecular complexity index is 230. The fourth-order valence-corrected chi connectivity index (χ4v) is 0.790. The summed E-state index contributed by atoms with van der Waals surface area (Å²) in [6.45, 7) is 5.57. The van der Waals surface area contributed by atoms with E-state index in [-0.39, 0.29) is 6.04 Å². The predicted molar refractivity (Wildman–Crippen MR) is 56.2 cm³/mol. The monoisotopic (exact) mass is 198 g/mol. The van der Waals surface area contributed by atoms with E-state index in [1.165, 1.54) is 0 Å². The first kappa shape index (κ1) is 12.8. The first-order chi connectivity index (χ1) is 6.56. The summed E-state index contributed by atoms with van der Waals surface area (Å²) in [4.78, 5) is 12.3. The summed E-state index contributed by atoms with van der Waals surface area (Å²) in [7, 11) is 1.99. The molecule has 2 N–H and O–H groups in total. The summed E-state index contributed by atoms with van der Waals surface area (Å²) in [5.41, 5.74) is 0. The highest BCUT2D eigenvalue weighted by Gasteiger charge is 2.01. The second kappa shape index (κ2) is 7.22. The van der Waals surface area contributed by atoms with Gasteiger partial charge < -0.3 is 10.4 Å². The number of nitrogens with zero attached hydrogens (tertiary/aromatic N) is 1. The van der Waals surface area contributed by atoms with Gasteiger partial charge in [-0.25, -0.2) is 4.79 Å². The van der Waals surface area contributed by atoms with Crippen LogP contribution in [0.4, 0.5) is 4.79 Å². The maximum absolute atomic E-state index is 10.2. The van der Waals surface area contributed by atoms with Crippen molar-refractivity contribution in [1.29, 1.82) is 0 Å². The molecule has 80 valence electrons. The van der Waals surface area contributed by atoms with E-state index in [9.17, 15) is 4.79 Å². The molecule has 1 amide bonds. The van der Waals surface area contributed by atoms with Crippen LogP contribution in [0.15, 0.2) is 0 Å². The van der Waals surface area contributed by atoms with Gasteiger partial charge in [0.25, 0.3) is 0 Å². The molecule has 0 rings (SSSR count). The zero-order chi connectivity index (χ0) is 11.0. The molecule has 1 unspecified atom stereocenters. The summed E-state index contributed by atoms with van der Waals surface area (Å²) in [5, 5.41) is 10.7. The van der Waals surface area contributed by atoms with E-state index in [0.717, 1.165) is 13.1 Å². The number of carbonyl (C=O) groups is 1. The average Bonchev–Trinajstić information content (AvgIpc) is 2.10. The third-order valence-corrected chi connectivity index (χ3v) is 1.79. The maximum atomic E-state index is 10.2. The number of amides is 1. The molecule has 0 spiro atoms. The van der Waals surface area contributed by atoms with Crippen molar-refractivity contribution in [2.75, 3.05) is 20.1 Å². The molecule has 1 atom stereocenters. The summed E-state index contributed by atoms with van der Waals surface area (Å²) in [5.74, 6) is 5.92. The van der Waals surface area contributed by atoms with Crippen molar-refractivity contribution in [3.05, 3.63) is 0 Å². The van der Waals surface area contributed by atoms with Crippen LogP contribution in [-0.2, 0) is 0 Å². The van der Waals surface area contributed by atoms with Crippen molar-refractivity contribution in [2.24, 2.45) is 0 Å². The Morgan fingerprint density at radius 3 is 2.71 bits per heavy atom. The molecule has 14 heavy (non-hydrogen) atoms.